The summed E-state index contributed by atoms with van der Waals surface area (Å²) in [6, 6.07) is 7.66. The number of rotatable bonds is 5. The molecule has 2 N–H and O–H groups in total. The molecule has 1 saturated carbocycles. The molecule has 1 aliphatic carbocycles. The summed E-state index contributed by atoms with van der Waals surface area (Å²) in [5.41, 5.74) is 1.16. The van der Waals surface area contributed by atoms with E-state index in [2.05, 4.69) is 5.32 Å². The van der Waals surface area contributed by atoms with Crippen LogP contribution in [0.5, 0.6) is 0 Å². The van der Waals surface area contributed by atoms with Crippen molar-refractivity contribution in [3.05, 3.63) is 34.9 Å². The van der Waals surface area contributed by atoms with Crippen molar-refractivity contribution in [3.8, 4) is 0 Å². The third-order valence-corrected chi connectivity index (χ3v) is 3.93. The highest BCUT2D eigenvalue weighted by Gasteiger charge is 2.43. The molecule has 0 heterocycles. The largest absolute Gasteiger partial charge is 0.391 e. The molecule has 3 nitrogen and oxygen atoms in total. The number of nitrogens with one attached hydrogen (secondary N) is 1. The minimum absolute atomic E-state index is 0.0413. The van der Waals surface area contributed by atoms with Crippen LogP contribution < -0.4 is 5.32 Å². The van der Waals surface area contributed by atoms with E-state index in [4.69, 9.17) is 11.6 Å². The Morgan fingerprint density at radius 2 is 2.05 bits per heavy atom. The first-order valence-electron chi connectivity index (χ1n) is 6.70. The van der Waals surface area contributed by atoms with Crippen molar-refractivity contribution in [2.45, 2.75) is 32.3 Å². The average Bonchev–Trinajstić information content (AvgIpc) is 3.16. The smallest absolute Gasteiger partial charge is 0.223 e. The molecule has 0 aromatic heterocycles. The van der Waals surface area contributed by atoms with Gasteiger partial charge >= 0.3 is 0 Å². The van der Waals surface area contributed by atoms with E-state index in [1.165, 1.54) is 0 Å². The molecule has 1 aliphatic rings. The van der Waals surface area contributed by atoms with Crippen molar-refractivity contribution >= 4 is 17.5 Å². The Bertz CT molecular complexity index is 444. The summed E-state index contributed by atoms with van der Waals surface area (Å²) in [4.78, 5) is 11.9. The van der Waals surface area contributed by atoms with Crippen LogP contribution in [-0.2, 0) is 4.79 Å². The number of halogens is 1. The van der Waals surface area contributed by atoms with Crippen molar-refractivity contribution in [3.63, 3.8) is 0 Å². The Morgan fingerprint density at radius 1 is 1.42 bits per heavy atom. The molecule has 1 fully saturated rings. The van der Waals surface area contributed by atoms with Crippen LogP contribution in [0.2, 0.25) is 5.02 Å². The molecular weight excluding hydrogens is 262 g/mol. The number of benzene rings is 1. The monoisotopic (exact) mass is 281 g/mol. The highest BCUT2D eigenvalue weighted by Crippen LogP contribution is 2.47. The highest BCUT2D eigenvalue weighted by atomic mass is 35.5. The van der Waals surface area contributed by atoms with Crippen LogP contribution in [0, 0.1) is 11.8 Å². The van der Waals surface area contributed by atoms with Gasteiger partial charge in [-0.2, -0.15) is 0 Å². The van der Waals surface area contributed by atoms with E-state index in [0.717, 1.165) is 12.0 Å². The Balaban J connectivity index is 1.82. The van der Waals surface area contributed by atoms with Crippen LogP contribution in [-0.4, -0.2) is 23.7 Å². The molecule has 1 aromatic rings. The van der Waals surface area contributed by atoms with E-state index >= 15 is 0 Å². The fourth-order valence-corrected chi connectivity index (χ4v) is 2.26. The number of carbonyl (C=O) groups is 1. The Kier molecular flexibility index (Phi) is 4.48. The lowest BCUT2D eigenvalue weighted by atomic mass is 10.1. The van der Waals surface area contributed by atoms with Crippen molar-refractivity contribution in [1.82, 2.24) is 5.32 Å². The van der Waals surface area contributed by atoms with Gasteiger partial charge in [-0.1, -0.05) is 37.6 Å². The maximum Gasteiger partial charge on any atom is 0.223 e. The predicted molar refractivity (Wildman–Crippen MR) is 76.2 cm³/mol. The third kappa shape index (κ3) is 3.71. The Hall–Kier alpha value is -1.06. The van der Waals surface area contributed by atoms with E-state index in [1.807, 2.05) is 38.1 Å². The van der Waals surface area contributed by atoms with Crippen LogP contribution in [0.1, 0.15) is 31.7 Å². The number of aliphatic hydroxyl groups excluding tert-OH is 1. The summed E-state index contributed by atoms with van der Waals surface area (Å²) in [6.07, 6.45) is 0.405. The van der Waals surface area contributed by atoms with Crippen LogP contribution >= 0.6 is 11.6 Å². The Morgan fingerprint density at radius 3 is 2.63 bits per heavy atom. The molecule has 0 aliphatic heterocycles. The molecule has 0 saturated heterocycles. The minimum Gasteiger partial charge on any atom is -0.391 e. The van der Waals surface area contributed by atoms with Crippen molar-refractivity contribution in [2.24, 2.45) is 11.8 Å². The van der Waals surface area contributed by atoms with E-state index in [-0.39, 0.29) is 17.7 Å². The maximum atomic E-state index is 11.9. The van der Waals surface area contributed by atoms with Crippen molar-refractivity contribution in [2.75, 3.05) is 6.54 Å². The lowest BCUT2D eigenvalue weighted by Crippen LogP contribution is -2.35. The SMILES string of the molecule is CC(C)C(O)CNC(=O)C1CC1c1ccc(Cl)cc1. The van der Waals surface area contributed by atoms with Gasteiger partial charge in [0.2, 0.25) is 5.91 Å². The van der Waals surface area contributed by atoms with Gasteiger partial charge in [0.05, 0.1) is 6.10 Å². The summed E-state index contributed by atoms with van der Waals surface area (Å²) in [5, 5.41) is 13.2. The molecular formula is C15H20ClNO2. The second-order valence-corrected chi connectivity index (χ2v) is 5.99. The highest BCUT2D eigenvalue weighted by molar-refractivity contribution is 6.30. The summed E-state index contributed by atoms with van der Waals surface area (Å²) in [6.45, 7) is 4.20. The Labute approximate surface area is 119 Å². The fourth-order valence-electron chi connectivity index (χ4n) is 2.14. The zero-order valence-corrected chi connectivity index (χ0v) is 12.0. The third-order valence-electron chi connectivity index (χ3n) is 3.68. The summed E-state index contributed by atoms with van der Waals surface area (Å²) in [5.74, 6) is 0.542. The maximum absolute atomic E-state index is 11.9. The molecule has 2 rings (SSSR count). The first-order chi connectivity index (χ1) is 8.99. The van der Waals surface area contributed by atoms with E-state index in [1.54, 1.807) is 0 Å². The van der Waals surface area contributed by atoms with Crippen LogP contribution in [0.25, 0.3) is 0 Å². The molecule has 19 heavy (non-hydrogen) atoms. The van der Waals surface area contributed by atoms with Crippen LogP contribution in [0.15, 0.2) is 24.3 Å². The van der Waals surface area contributed by atoms with Gasteiger partial charge in [-0.25, -0.2) is 0 Å². The number of amides is 1. The van der Waals surface area contributed by atoms with Gasteiger partial charge in [-0.05, 0) is 36.0 Å². The normalized spacial score (nSPS) is 23.2. The second kappa shape index (κ2) is 5.93. The standard InChI is InChI=1S/C15H20ClNO2/c1-9(2)14(18)8-17-15(19)13-7-12(13)10-3-5-11(16)6-4-10/h3-6,9,12-14,18H,7-8H2,1-2H3,(H,17,19). The van der Waals surface area contributed by atoms with Crippen molar-refractivity contribution in [1.29, 1.82) is 0 Å². The van der Waals surface area contributed by atoms with Gasteiger partial charge in [-0.3, -0.25) is 4.79 Å². The molecule has 104 valence electrons. The molecule has 0 radical (unpaired) electrons. The number of hydrogen-bond donors (Lipinski definition) is 2. The van der Waals surface area contributed by atoms with Gasteiger partial charge in [0, 0.05) is 17.5 Å². The quantitative estimate of drug-likeness (QED) is 0.871. The molecule has 3 atom stereocenters. The van der Waals surface area contributed by atoms with E-state index < -0.39 is 6.10 Å². The van der Waals surface area contributed by atoms with Crippen LogP contribution in [0.3, 0.4) is 0 Å². The fraction of sp³-hybridized carbons (Fsp3) is 0.533. The minimum atomic E-state index is -0.475. The predicted octanol–water partition coefficient (Wildman–Crippen LogP) is 2.58. The van der Waals surface area contributed by atoms with Gasteiger partial charge in [0.25, 0.3) is 0 Å². The molecule has 1 amide bonds. The molecule has 0 bridgehead atoms. The van der Waals surface area contributed by atoms with E-state index in [9.17, 15) is 9.90 Å². The summed E-state index contributed by atoms with van der Waals surface area (Å²) < 4.78 is 0. The van der Waals surface area contributed by atoms with E-state index in [0.29, 0.717) is 17.5 Å². The zero-order valence-electron chi connectivity index (χ0n) is 11.3. The topological polar surface area (TPSA) is 49.3 Å². The van der Waals surface area contributed by atoms with Gasteiger partial charge < -0.3 is 10.4 Å². The first-order valence-corrected chi connectivity index (χ1v) is 7.08. The second-order valence-electron chi connectivity index (χ2n) is 5.56. The molecule has 0 spiro atoms. The first kappa shape index (κ1) is 14.4. The summed E-state index contributed by atoms with van der Waals surface area (Å²) >= 11 is 5.84. The van der Waals surface area contributed by atoms with Gasteiger partial charge in [0.1, 0.15) is 0 Å². The van der Waals surface area contributed by atoms with Crippen molar-refractivity contribution < 1.29 is 9.90 Å². The molecule has 4 heteroatoms. The van der Waals surface area contributed by atoms with Gasteiger partial charge in [-0.15, -0.1) is 0 Å². The lowest BCUT2D eigenvalue weighted by Gasteiger charge is -2.15. The molecule has 1 aromatic carbocycles. The van der Waals surface area contributed by atoms with Crippen LogP contribution in [0.4, 0.5) is 0 Å². The number of aliphatic hydroxyl groups is 1. The lowest BCUT2D eigenvalue weighted by molar-refractivity contribution is -0.123. The molecule has 3 unspecified atom stereocenters. The number of hydrogen-bond acceptors (Lipinski definition) is 2. The van der Waals surface area contributed by atoms with Gasteiger partial charge in [0.15, 0.2) is 0 Å². The average molecular weight is 282 g/mol. The zero-order chi connectivity index (χ0) is 14.0. The summed E-state index contributed by atoms with van der Waals surface area (Å²) in [7, 11) is 0. The number of carbonyl (C=O) groups excluding carboxylic acids is 1.